The Labute approximate surface area is 107 Å². The molecule has 1 aliphatic rings. The molecule has 0 amide bonds. The summed E-state index contributed by atoms with van der Waals surface area (Å²) in [5.74, 6) is 1.06. The highest BCUT2D eigenvalue weighted by Gasteiger charge is 2.21. The van der Waals surface area contributed by atoms with Crippen molar-refractivity contribution in [2.75, 3.05) is 6.54 Å². The molecule has 1 aromatic carbocycles. The lowest BCUT2D eigenvalue weighted by Crippen LogP contribution is -2.18. The van der Waals surface area contributed by atoms with E-state index in [2.05, 4.69) is 51.3 Å². The van der Waals surface area contributed by atoms with Gasteiger partial charge >= 0.3 is 0 Å². The third-order valence-corrected chi connectivity index (χ3v) is 3.45. The van der Waals surface area contributed by atoms with Crippen molar-refractivity contribution >= 4 is 0 Å². The maximum atomic E-state index is 4.27. The first-order valence-corrected chi connectivity index (χ1v) is 6.49. The number of nitrogens with zero attached hydrogens (tertiary/aromatic N) is 3. The predicted octanol–water partition coefficient (Wildman–Crippen LogP) is 2.06. The van der Waals surface area contributed by atoms with Crippen LogP contribution in [0, 0.1) is 6.92 Å². The van der Waals surface area contributed by atoms with E-state index in [1.54, 1.807) is 0 Å². The van der Waals surface area contributed by atoms with Crippen LogP contribution in [0.3, 0.4) is 0 Å². The highest BCUT2D eigenvalue weighted by atomic mass is 15.3. The average molecular weight is 242 g/mol. The average Bonchev–Trinajstić information content (AvgIpc) is 2.98. The second-order valence-electron chi connectivity index (χ2n) is 4.96. The molecule has 1 atom stereocenters. The van der Waals surface area contributed by atoms with Gasteiger partial charge in [0.15, 0.2) is 0 Å². The number of hydrogen-bond acceptors (Lipinski definition) is 3. The van der Waals surface area contributed by atoms with E-state index in [0.717, 1.165) is 25.3 Å². The Bertz CT molecular complexity index is 526. The first-order valence-electron chi connectivity index (χ1n) is 6.49. The molecule has 4 nitrogen and oxygen atoms in total. The molecule has 4 heteroatoms. The molecular weight excluding hydrogens is 224 g/mol. The van der Waals surface area contributed by atoms with Crippen molar-refractivity contribution in [3.8, 4) is 0 Å². The van der Waals surface area contributed by atoms with Gasteiger partial charge in [0.1, 0.15) is 12.2 Å². The summed E-state index contributed by atoms with van der Waals surface area (Å²) in [4.78, 5) is 0. The molecule has 0 spiro atoms. The number of benzene rings is 1. The summed E-state index contributed by atoms with van der Waals surface area (Å²) in [6.07, 6.45) is 4.21. The van der Waals surface area contributed by atoms with Gasteiger partial charge in [-0.25, -0.2) is 0 Å². The van der Waals surface area contributed by atoms with Crippen molar-refractivity contribution in [3.63, 3.8) is 0 Å². The van der Waals surface area contributed by atoms with E-state index in [4.69, 9.17) is 0 Å². The van der Waals surface area contributed by atoms with E-state index < -0.39 is 0 Å². The molecule has 1 aliphatic heterocycles. The molecule has 0 bridgehead atoms. The van der Waals surface area contributed by atoms with Gasteiger partial charge in [-0.3, -0.25) is 0 Å². The van der Waals surface area contributed by atoms with Crippen molar-refractivity contribution in [2.24, 2.45) is 0 Å². The molecule has 0 saturated carbocycles. The first kappa shape index (κ1) is 11.4. The summed E-state index contributed by atoms with van der Waals surface area (Å²) >= 11 is 0. The van der Waals surface area contributed by atoms with Crippen molar-refractivity contribution in [1.82, 2.24) is 20.1 Å². The summed E-state index contributed by atoms with van der Waals surface area (Å²) in [5.41, 5.74) is 2.59. The molecule has 94 valence electrons. The molecule has 18 heavy (non-hydrogen) atoms. The van der Waals surface area contributed by atoms with Crippen LogP contribution in [-0.2, 0) is 6.54 Å². The van der Waals surface area contributed by atoms with Gasteiger partial charge < -0.3 is 9.88 Å². The van der Waals surface area contributed by atoms with Gasteiger partial charge in [-0.1, -0.05) is 29.8 Å². The Hall–Kier alpha value is -1.68. The molecule has 1 saturated heterocycles. The summed E-state index contributed by atoms with van der Waals surface area (Å²) < 4.78 is 2.15. The van der Waals surface area contributed by atoms with Gasteiger partial charge in [-0.15, -0.1) is 10.2 Å². The summed E-state index contributed by atoms with van der Waals surface area (Å²) in [5, 5.41) is 11.8. The Morgan fingerprint density at radius 3 is 3.17 bits per heavy atom. The number of aromatic nitrogens is 3. The van der Waals surface area contributed by atoms with Crippen LogP contribution in [0.5, 0.6) is 0 Å². The summed E-state index contributed by atoms with van der Waals surface area (Å²) in [7, 11) is 0. The topological polar surface area (TPSA) is 42.7 Å². The molecule has 1 unspecified atom stereocenters. The Balaban J connectivity index is 1.82. The van der Waals surface area contributed by atoms with Crippen molar-refractivity contribution in [3.05, 3.63) is 47.5 Å². The Morgan fingerprint density at radius 1 is 1.44 bits per heavy atom. The van der Waals surface area contributed by atoms with Crippen LogP contribution in [0.2, 0.25) is 0 Å². The van der Waals surface area contributed by atoms with Crippen molar-refractivity contribution < 1.29 is 0 Å². The monoisotopic (exact) mass is 242 g/mol. The highest BCUT2D eigenvalue weighted by molar-refractivity contribution is 5.22. The fraction of sp³-hybridized carbons (Fsp3) is 0.429. The van der Waals surface area contributed by atoms with E-state index >= 15 is 0 Å². The molecule has 2 aromatic rings. The Morgan fingerprint density at radius 2 is 2.39 bits per heavy atom. The molecule has 1 N–H and O–H groups in total. The predicted molar refractivity (Wildman–Crippen MR) is 70.3 cm³/mol. The third kappa shape index (κ3) is 2.29. The fourth-order valence-corrected chi connectivity index (χ4v) is 2.57. The van der Waals surface area contributed by atoms with Crippen LogP contribution in [0.15, 0.2) is 30.6 Å². The number of rotatable bonds is 3. The quantitative estimate of drug-likeness (QED) is 0.896. The molecule has 0 radical (unpaired) electrons. The minimum absolute atomic E-state index is 0.373. The van der Waals surface area contributed by atoms with E-state index in [1.807, 2.05) is 6.33 Å². The smallest absolute Gasteiger partial charge is 0.150 e. The van der Waals surface area contributed by atoms with E-state index in [-0.39, 0.29) is 0 Å². The zero-order valence-corrected chi connectivity index (χ0v) is 10.6. The van der Waals surface area contributed by atoms with Gasteiger partial charge in [0.25, 0.3) is 0 Å². The standard InChI is InChI=1S/C14H18N4/c1-11-4-2-5-12(8-11)9-18-10-16-17-14(18)13-6-3-7-15-13/h2,4-5,8,10,13,15H,3,6-7,9H2,1H3. The largest absolute Gasteiger partial charge is 0.312 e. The van der Waals surface area contributed by atoms with Gasteiger partial charge in [0.05, 0.1) is 12.6 Å². The summed E-state index contributed by atoms with van der Waals surface area (Å²) in [6.45, 7) is 4.05. The lowest BCUT2D eigenvalue weighted by Gasteiger charge is -2.12. The molecule has 2 heterocycles. The zero-order chi connectivity index (χ0) is 12.4. The van der Waals surface area contributed by atoms with Crippen LogP contribution in [0.1, 0.15) is 35.8 Å². The van der Waals surface area contributed by atoms with E-state index in [1.165, 1.54) is 17.5 Å². The van der Waals surface area contributed by atoms with Crippen LogP contribution in [0.25, 0.3) is 0 Å². The lowest BCUT2D eigenvalue weighted by atomic mass is 10.1. The first-order chi connectivity index (χ1) is 8.83. The number of nitrogens with one attached hydrogen (secondary N) is 1. The van der Waals surface area contributed by atoms with Crippen LogP contribution in [0.4, 0.5) is 0 Å². The molecule has 3 rings (SSSR count). The van der Waals surface area contributed by atoms with E-state index in [0.29, 0.717) is 6.04 Å². The van der Waals surface area contributed by atoms with E-state index in [9.17, 15) is 0 Å². The zero-order valence-electron chi connectivity index (χ0n) is 10.6. The second kappa shape index (κ2) is 4.90. The van der Waals surface area contributed by atoms with Crippen molar-refractivity contribution in [2.45, 2.75) is 32.4 Å². The number of aryl methyl sites for hydroxylation is 1. The maximum Gasteiger partial charge on any atom is 0.150 e. The fourth-order valence-electron chi connectivity index (χ4n) is 2.57. The maximum absolute atomic E-state index is 4.27. The molecule has 0 aliphatic carbocycles. The van der Waals surface area contributed by atoms with Crippen LogP contribution >= 0.6 is 0 Å². The third-order valence-electron chi connectivity index (χ3n) is 3.45. The lowest BCUT2D eigenvalue weighted by molar-refractivity contribution is 0.564. The van der Waals surface area contributed by atoms with Crippen LogP contribution < -0.4 is 5.32 Å². The van der Waals surface area contributed by atoms with Gasteiger partial charge in [0.2, 0.25) is 0 Å². The van der Waals surface area contributed by atoms with Crippen molar-refractivity contribution in [1.29, 1.82) is 0 Å². The number of hydrogen-bond donors (Lipinski definition) is 1. The van der Waals surface area contributed by atoms with Gasteiger partial charge in [-0.2, -0.15) is 0 Å². The van der Waals surface area contributed by atoms with Gasteiger partial charge in [0, 0.05) is 0 Å². The molecule has 1 fully saturated rings. The minimum atomic E-state index is 0.373. The molecule has 1 aromatic heterocycles. The van der Waals surface area contributed by atoms with Crippen LogP contribution in [-0.4, -0.2) is 21.3 Å². The SMILES string of the molecule is Cc1cccc(Cn2cnnc2C2CCCN2)c1. The normalized spacial score (nSPS) is 19.3. The molecular formula is C14H18N4. The van der Waals surface area contributed by atoms with Gasteiger partial charge in [-0.05, 0) is 31.9 Å². The highest BCUT2D eigenvalue weighted by Crippen LogP contribution is 2.21. The second-order valence-corrected chi connectivity index (χ2v) is 4.96. The minimum Gasteiger partial charge on any atom is -0.312 e. The summed E-state index contributed by atoms with van der Waals surface area (Å²) in [6, 6.07) is 8.96. The Kier molecular flexibility index (Phi) is 3.11.